The van der Waals surface area contributed by atoms with Gasteiger partial charge in [0.25, 0.3) is 5.91 Å². The molecule has 0 aliphatic heterocycles. The lowest BCUT2D eigenvalue weighted by Crippen LogP contribution is -2.34. The Bertz CT molecular complexity index is 660. The molecule has 1 heterocycles. The van der Waals surface area contributed by atoms with Gasteiger partial charge in [-0.1, -0.05) is 24.3 Å². The molecule has 1 aromatic heterocycles. The molecule has 2 rings (SSSR count). The quantitative estimate of drug-likeness (QED) is 0.855. The molecule has 0 saturated heterocycles. The van der Waals surface area contributed by atoms with Crippen molar-refractivity contribution in [1.29, 1.82) is 5.26 Å². The van der Waals surface area contributed by atoms with E-state index in [9.17, 15) is 4.79 Å². The van der Waals surface area contributed by atoms with Crippen molar-refractivity contribution < 1.29 is 4.79 Å². The van der Waals surface area contributed by atoms with Gasteiger partial charge in [-0.3, -0.25) is 4.79 Å². The Labute approximate surface area is 118 Å². The van der Waals surface area contributed by atoms with Crippen LogP contribution >= 0.6 is 0 Å². The van der Waals surface area contributed by atoms with Crippen molar-refractivity contribution in [2.75, 3.05) is 13.1 Å². The summed E-state index contributed by atoms with van der Waals surface area (Å²) in [6, 6.07) is 13.5. The van der Waals surface area contributed by atoms with Gasteiger partial charge in [-0.25, -0.2) is 4.98 Å². The molecule has 1 atom stereocenters. The second-order valence-electron chi connectivity index (χ2n) is 4.76. The van der Waals surface area contributed by atoms with Gasteiger partial charge < -0.3 is 4.90 Å². The number of benzene rings is 1. The van der Waals surface area contributed by atoms with Gasteiger partial charge in [0.2, 0.25) is 0 Å². The maximum atomic E-state index is 12.4. The number of para-hydroxylation sites is 1. The fraction of sp³-hybridized carbons (Fsp3) is 0.312. The number of hydrogen-bond acceptors (Lipinski definition) is 3. The maximum Gasteiger partial charge on any atom is 0.272 e. The lowest BCUT2D eigenvalue weighted by molar-refractivity contribution is 0.0747. The molecule has 0 fully saturated rings. The van der Waals surface area contributed by atoms with Crippen LogP contribution in [0, 0.1) is 17.2 Å². The minimum absolute atomic E-state index is 0.125. The van der Waals surface area contributed by atoms with Crippen LogP contribution in [0.2, 0.25) is 0 Å². The van der Waals surface area contributed by atoms with E-state index in [4.69, 9.17) is 5.26 Å². The lowest BCUT2D eigenvalue weighted by atomic mass is 10.1. The van der Waals surface area contributed by atoms with Crippen LogP contribution in [0.3, 0.4) is 0 Å². The number of carbonyl (C=O) groups is 1. The van der Waals surface area contributed by atoms with E-state index < -0.39 is 0 Å². The van der Waals surface area contributed by atoms with Crippen LogP contribution in [0.15, 0.2) is 36.4 Å². The van der Waals surface area contributed by atoms with Crippen LogP contribution in [-0.2, 0) is 0 Å². The Kier molecular flexibility index (Phi) is 4.31. The molecule has 0 N–H and O–H groups in total. The number of rotatable bonds is 4. The molecule has 4 nitrogen and oxygen atoms in total. The minimum atomic E-state index is -0.181. The second-order valence-corrected chi connectivity index (χ2v) is 4.76. The van der Waals surface area contributed by atoms with E-state index >= 15 is 0 Å². The first-order valence-corrected chi connectivity index (χ1v) is 6.70. The number of aromatic nitrogens is 1. The molecule has 0 aliphatic rings. The Morgan fingerprint density at radius 3 is 2.80 bits per heavy atom. The van der Waals surface area contributed by atoms with Gasteiger partial charge in [-0.05, 0) is 26.0 Å². The SMILES string of the molecule is CCN(C[C@@H](C)C#N)C(=O)c1ccc2ccccc2n1. The highest BCUT2D eigenvalue weighted by atomic mass is 16.2. The predicted octanol–water partition coefficient (Wildman–Crippen LogP) is 2.86. The Balaban J connectivity index is 2.27. The molecular formula is C16H17N3O. The first-order chi connectivity index (χ1) is 9.65. The number of carbonyl (C=O) groups excluding carboxylic acids is 1. The van der Waals surface area contributed by atoms with Crippen molar-refractivity contribution in [2.24, 2.45) is 5.92 Å². The average Bonchev–Trinajstić information content (AvgIpc) is 2.51. The van der Waals surface area contributed by atoms with Gasteiger partial charge in [0.15, 0.2) is 0 Å². The predicted molar refractivity (Wildman–Crippen MR) is 78.1 cm³/mol. The summed E-state index contributed by atoms with van der Waals surface area (Å²) >= 11 is 0. The fourth-order valence-corrected chi connectivity index (χ4v) is 2.07. The normalized spacial score (nSPS) is 11.8. The first kappa shape index (κ1) is 14.0. The number of fused-ring (bicyclic) bond motifs is 1. The van der Waals surface area contributed by atoms with E-state index in [0.717, 1.165) is 10.9 Å². The Hall–Kier alpha value is -2.41. The van der Waals surface area contributed by atoms with Gasteiger partial charge in [-0.15, -0.1) is 0 Å². The van der Waals surface area contributed by atoms with E-state index in [1.807, 2.05) is 44.2 Å². The summed E-state index contributed by atoms with van der Waals surface area (Å²) in [5, 5.41) is 9.88. The zero-order valence-corrected chi connectivity index (χ0v) is 11.7. The first-order valence-electron chi connectivity index (χ1n) is 6.70. The van der Waals surface area contributed by atoms with Crippen LogP contribution in [0.5, 0.6) is 0 Å². The smallest absolute Gasteiger partial charge is 0.272 e. The zero-order valence-electron chi connectivity index (χ0n) is 11.7. The lowest BCUT2D eigenvalue weighted by Gasteiger charge is -2.21. The molecule has 102 valence electrons. The molecule has 1 aromatic carbocycles. The summed E-state index contributed by atoms with van der Waals surface area (Å²) in [5.74, 6) is -0.306. The molecule has 0 bridgehead atoms. The van der Waals surface area contributed by atoms with Crippen LogP contribution in [0.4, 0.5) is 0 Å². The molecule has 0 unspecified atom stereocenters. The molecular weight excluding hydrogens is 250 g/mol. The van der Waals surface area contributed by atoms with Crippen molar-refractivity contribution in [3.8, 4) is 6.07 Å². The van der Waals surface area contributed by atoms with Crippen molar-refractivity contribution in [3.05, 3.63) is 42.1 Å². The number of nitrogens with zero attached hydrogens (tertiary/aromatic N) is 3. The zero-order chi connectivity index (χ0) is 14.5. The number of amides is 1. The average molecular weight is 267 g/mol. The van der Waals surface area contributed by atoms with Gasteiger partial charge >= 0.3 is 0 Å². The number of hydrogen-bond donors (Lipinski definition) is 0. The molecule has 1 amide bonds. The summed E-state index contributed by atoms with van der Waals surface area (Å²) in [4.78, 5) is 18.5. The largest absolute Gasteiger partial charge is 0.336 e. The monoisotopic (exact) mass is 267 g/mol. The molecule has 20 heavy (non-hydrogen) atoms. The maximum absolute atomic E-state index is 12.4. The van der Waals surface area contributed by atoms with Gasteiger partial charge in [0.05, 0.1) is 17.5 Å². The Morgan fingerprint density at radius 2 is 2.10 bits per heavy atom. The summed E-state index contributed by atoms with van der Waals surface area (Å²) < 4.78 is 0. The Morgan fingerprint density at radius 1 is 1.35 bits per heavy atom. The summed E-state index contributed by atoms with van der Waals surface area (Å²) in [6.45, 7) is 4.71. The molecule has 0 spiro atoms. The highest BCUT2D eigenvalue weighted by Crippen LogP contribution is 2.13. The van der Waals surface area contributed by atoms with Crippen LogP contribution in [0.25, 0.3) is 10.9 Å². The number of nitriles is 1. The molecule has 4 heteroatoms. The van der Waals surface area contributed by atoms with Gasteiger partial charge in [0, 0.05) is 18.5 Å². The number of pyridine rings is 1. The van der Waals surface area contributed by atoms with Crippen LogP contribution in [0.1, 0.15) is 24.3 Å². The standard InChI is InChI=1S/C16H17N3O/c1-3-19(11-12(2)10-17)16(20)15-9-8-13-6-4-5-7-14(13)18-15/h4-9,12H,3,11H2,1-2H3/t12-/m0/s1. The van der Waals surface area contributed by atoms with Crippen molar-refractivity contribution >= 4 is 16.8 Å². The van der Waals surface area contributed by atoms with E-state index in [0.29, 0.717) is 18.8 Å². The third kappa shape index (κ3) is 2.94. The topological polar surface area (TPSA) is 57.0 Å². The summed E-state index contributed by atoms with van der Waals surface area (Å²) in [7, 11) is 0. The van der Waals surface area contributed by atoms with E-state index in [1.165, 1.54) is 0 Å². The van der Waals surface area contributed by atoms with Crippen LogP contribution < -0.4 is 0 Å². The second kappa shape index (κ2) is 6.16. The summed E-state index contributed by atoms with van der Waals surface area (Å²) in [6.07, 6.45) is 0. The van der Waals surface area contributed by atoms with Gasteiger partial charge in [-0.2, -0.15) is 5.26 Å². The van der Waals surface area contributed by atoms with Crippen molar-refractivity contribution in [2.45, 2.75) is 13.8 Å². The van der Waals surface area contributed by atoms with Crippen molar-refractivity contribution in [3.63, 3.8) is 0 Å². The highest BCUT2D eigenvalue weighted by molar-refractivity contribution is 5.94. The van der Waals surface area contributed by atoms with E-state index in [2.05, 4.69) is 11.1 Å². The third-order valence-corrected chi connectivity index (χ3v) is 3.20. The minimum Gasteiger partial charge on any atom is -0.336 e. The van der Waals surface area contributed by atoms with E-state index in [1.54, 1.807) is 11.0 Å². The van der Waals surface area contributed by atoms with Gasteiger partial charge in [0.1, 0.15) is 5.69 Å². The molecule has 2 aromatic rings. The summed E-state index contributed by atoms with van der Waals surface area (Å²) in [5.41, 5.74) is 1.23. The highest BCUT2D eigenvalue weighted by Gasteiger charge is 2.17. The fourth-order valence-electron chi connectivity index (χ4n) is 2.07. The van der Waals surface area contributed by atoms with Crippen molar-refractivity contribution in [1.82, 2.24) is 9.88 Å². The van der Waals surface area contributed by atoms with E-state index in [-0.39, 0.29) is 11.8 Å². The molecule has 0 radical (unpaired) electrons. The molecule has 0 saturated carbocycles. The molecule has 0 aliphatic carbocycles. The third-order valence-electron chi connectivity index (χ3n) is 3.20. The van der Waals surface area contributed by atoms with Crippen LogP contribution in [-0.4, -0.2) is 28.9 Å².